The van der Waals surface area contributed by atoms with E-state index in [1.54, 1.807) is 12.1 Å². The summed E-state index contributed by atoms with van der Waals surface area (Å²) in [7, 11) is 0. The minimum Gasteiger partial charge on any atom is -0.401 e. The number of aliphatic hydroxyl groups excluding tert-OH is 1. The van der Waals surface area contributed by atoms with Crippen molar-refractivity contribution >= 4 is 34.8 Å². The predicted octanol–water partition coefficient (Wildman–Crippen LogP) is 4.16. The highest BCUT2D eigenvalue weighted by molar-refractivity contribution is 5.90. The molecular weight excluding hydrogens is 379 g/mol. The first-order valence-electron chi connectivity index (χ1n) is 9.32. The van der Waals surface area contributed by atoms with E-state index in [-0.39, 0.29) is 23.8 Å². The van der Waals surface area contributed by atoms with E-state index < -0.39 is 10.7 Å². The molecule has 9 heteroatoms. The molecule has 0 spiro atoms. The molecule has 1 aliphatic carbocycles. The zero-order valence-corrected chi connectivity index (χ0v) is 15.4. The van der Waals surface area contributed by atoms with Crippen LogP contribution in [0.15, 0.2) is 34.7 Å². The summed E-state index contributed by atoms with van der Waals surface area (Å²) in [5.74, 6) is 0.435. The van der Waals surface area contributed by atoms with E-state index in [0.29, 0.717) is 22.5 Å². The van der Waals surface area contributed by atoms with Crippen LogP contribution in [-0.4, -0.2) is 32.1 Å². The first kappa shape index (κ1) is 19.0. The van der Waals surface area contributed by atoms with Gasteiger partial charge in [-0.05, 0) is 56.0 Å². The fourth-order valence-corrected chi connectivity index (χ4v) is 3.41. The summed E-state index contributed by atoms with van der Waals surface area (Å²) in [6, 6.07) is 7.23. The molecular formula is C20H19FN4O4. The second-order valence-corrected chi connectivity index (χ2v) is 7.01. The Morgan fingerprint density at radius 1 is 1.17 bits per heavy atom. The Labute approximate surface area is 165 Å². The summed E-state index contributed by atoms with van der Waals surface area (Å²) in [5, 5.41) is 24.5. The summed E-state index contributed by atoms with van der Waals surface area (Å²) in [5.41, 5.74) is 0.448. The van der Waals surface area contributed by atoms with Gasteiger partial charge in [0, 0.05) is 17.5 Å². The van der Waals surface area contributed by atoms with Crippen LogP contribution >= 0.6 is 0 Å². The Morgan fingerprint density at radius 2 is 1.97 bits per heavy atom. The lowest BCUT2D eigenvalue weighted by Gasteiger charge is -2.27. The van der Waals surface area contributed by atoms with Gasteiger partial charge in [-0.3, -0.25) is 10.1 Å². The monoisotopic (exact) mass is 398 g/mol. The Bertz CT molecular complexity index is 1070. The van der Waals surface area contributed by atoms with Crippen molar-refractivity contribution in [2.75, 3.05) is 5.32 Å². The number of furan rings is 1. The molecule has 0 radical (unpaired) electrons. The van der Waals surface area contributed by atoms with Gasteiger partial charge in [-0.25, -0.2) is 14.4 Å². The topological polar surface area (TPSA) is 114 Å². The van der Waals surface area contributed by atoms with Crippen LogP contribution in [0.1, 0.15) is 37.3 Å². The molecule has 0 unspecified atom stereocenters. The van der Waals surface area contributed by atoms with Gasteiger partial charge in [0.1, 0.15) is 22.3 Å². The van der Waals surface area contributed by atoms with Gasteiger partial charge in [-0.15, -0.1) is 0 Å². The van der Waals surface area contributed by atoms with Gasteiger partial charge >= 0.3 is 5.88 Å². The predicted molar refractivity (Wildman–Crippen MR) is 106 cm³/mol. The molecule has 8 nitrogen and oxygen atoms in total. The molecule has 1 aliphatic rings. The number of nitro groups is 1. The number of benzene rings is 1. The molecule has 0 aliphatic heterocycles. The normalized spacial score (nSPS) is 19.7. The highest BCUT2D eigenvalue weighted by Crippen LogP contribution is 2.27. The van der Waals surface area contributed by atoms with Crippen LogP contribution in [0.5, 0.6) is 0 Å². The molecule has 4 rings (SSSR count). The van der Waals surface area contributed by atoms with E-state index in [1.807, 2.05) is 0 Å². The van der Waals surface area contributed by atoms with Crippen LogP contribution < -0.4 is 5.32 Å². The summed E-state index contributed by atoms with van der Waals surface area (Å²) in [6.45, 7) is 0. The number of anilines is 1. The quantitative estimate of drug-likeness (QED) is 0.490. The Hall–Kier alpha value is -3.33. The van der Waals surface area contributed by atoms with Crippen molar-refractivity contribution in [3.63, 3.8) is 0 Å². The number of hydrogen-bond acceptors (Lipinski definition) is 7. The number of aromatic nitrogens is 2. The number of nitrogens with one attached hydrogen (secondary N) is 1. The van der Waals surface area contributed by atoms with Crippen molar-refractivity contribution in [1.29, 1.82) is 0 Å². The zero-order valence-electron chi connectivity index (χ0n) is 15.4. The first-order chi connectivity index (χ1) is 14.0. The Morgan fingerprint density at radius 3 is 2.69 bits per heavy atom. The molecule has 2 aromatic heterocycles. The zero-order chi connectivity index (χ0) is 20.4. The van der Waals surface area contributed by atoms with Crippen molar-refractivity contribution in [2.24, 2.45) is 0 Å². The molecule has 150 valence electrons. The van der Waals surface area contributed by atoms with Crippen molar-refractivity contribution in [2.45, 2.75) is 37.8 Å². The van der Waals surface area contributed by atoms with Crippen molar-refractivity contribution in [3.05, 3.63) is 57.8 Å². The number of rotatable bonds is 5. The lowest BCUT2D eigenvalue weighted by molar-refractivity contribution is -0.402. The van der Waals surface area contributed by atoms with Gasteiger partial charge < -0.3 is 14.8 Å². The maximum atomic E-state index is 13.7. The van der Waals surface area contributed by atoms with E-state index in [4.69, 9.17) is 4.42 Å². The molecule has 1 aromatic carbocycles. The number of fused-ring (bicyclic) bond motifs is 1. The van der Waals surface area contributed by atoms with Gasteiger partial charge in [-0.1, -0.05) is 0 Å². The standard InChI is InChI=1S/C20H19FN4O4/c21-12-1-8-16-17(11-12)23-18(9-6-15-7-10-19(29-15)25(27)28)24-20(16)22-13-2-4-14(26)5-3-13/h1,6-11,13-14,26H,2-5H2,(H,22,23,24)/b9-6+. The number of halogens is 1. The van der Waals surface area contributed by atoms with Crippen LogP contribution in [-0.2, 0) is 0 Å². The maximum Gasteiger partial charge on any atom is 0.433 e. The molecule has 1 fully saturated rings. The van der Waals surface area contributed by atoms with Crippen LogP contribution in [0.25, 0.3) is 23.1 Å². The largest absolute Gasteiger partial charge is 0.433 e. The molecule has 3 aromatic rings. The average Bonchev–Trinajstić information content (AvgIpc) is 3.17. The molecule has 0 amide bonds. The third-order valence-corrected chi connectivity index (χ3v) is 4.90. The lowest BCUT2D eigenvalue weighted by Crippen LogP contribution is -2.28. The van der Waals surface area contributed by atoms with E-state index in [1.165, 1.54) is 30.3 Å². The molecule has 0 bridgehead atoms. The minimum absolute atomic E-state index is 0.158. The highest BCUT2D eigenvalue weighted by Gasteiger charge is 2.20. The second kappa shape index (κ2) is 7.96. The second-order valence-electron chi connectivity index (χ2n) is 7.01. The van der Waals surface area contributed by atoms with Gasteiger partial charge in [-0.2, -0.15) is 0 Å². The minimum atomic E-state index is -0.615. The molecule has 0 atom stereocenters. The summed E-state index contributed by atoms with van der Waals surface area (Å²) < 4.78 is 18.8. The Kier molecular flexibility index (Phi) is 5.22. The maximum absolute atomic E-state index is 13.7. The smallest absolute Gasteiger partial charge is 0.401 e. The van der Waals surface area contributed by atoms with Gasteiger partial charge in [0.05, 0.1) is 17.7 Å². The van der Waals surface area contributed by atoms with E-state index in [2.05, 4.69) is 15.3 Å². The summed E-state index contributed by atoms with van der Waals surface area (Å²) in [4.78, 5) is 19.0. The van der Waals surface area contributed by atoms with Crippen molar-refractivity contribution in [3.8, 4) is 0 Å². The number of aliphatic hydroxyl groups is 1. The number of nitrogens with zero attached hydrogens (tertiary/aromatic N) is 3. The van der Waals surface area contributed by atoms with E-state index >= 15 is 0 Å². The van der Waals surface area contributed by atoms with Crippen molar-refractivity contribution < 1.29 is 18.8 Å². The third kappa shape index (κ3) is 4.40. The average molecular weight is 398 g/mol. The first-order valence-corrected chi connectivity index (χ1v) is 9.32. The highest BCUT2D eigenvalue weighted by atomic mass is 19.1. The van der Waals surface area contributed by atoms with Crippen molar-refractivity contribution in [1.82, 2.24) is 9.97 Å². The molecule has 2 heterocycles. The SMILES string of the molecule is O=[N+]([O-])c1ccc(/C=C/c2nc(NC3CCC(O)CC3)c3ccc(F)cc3n2)o1. The third-order valence-electron chi connectivity index (χ3n) is 4.90. The van der Waals surface area contributed by atoms with Crippen LogP contribution in [0.2, 0.25) is 0 Å². The van der Waals surface area contributed by atoms with E-state index in [9.17, 15) is 19.6 Å². The summed E-state index contributed by atoms with van der Waals surface area (Å²) in [6.07, 6.45) is 5.89. The molecule has 2 N–H and O–H groups in total. The summed E-state index contributed by atoms with van der Waals surface area (Å²) >= 11 is 0. The van der Waals surface area contributed by atoms with Gasteiger partial charge in [0.2, 0.25) is 0 Å². The molecule has 0 saturated heterocycles. The molecule has 1 saturated carbocycles. The number of hydrogen-bond donors (Lipinski definition) is 2. The fourth-order valence-electron chi connectivity index (χ4n) is 3.41. The Balaban J connectivity index is 1.64. The van der Waals surface area contributed by atoms with Gasteiger partial charge in [0.25, 0.3) is 0 Å². The van der Waals surface area contributed by atoms with Crippen LogP contribution in [0.4, 0.5) is 16.1 Å². The molecule has 29 heavy (non-hydrogen) atoms. The van der Waals surface area contributed by atoms with E-state index in [0.717, 1.165) is 25.7 Å². The van der Waals surface area contributed by atoms with Gasteiger partial charge in [0.15, 0.2) is 5.82 Å². The van der Waals surface area contributed by atoms with Crippen LogP contribution in [0.3, 0.4) is 0 Å². The fraction of sp³-hybridized carbons (Fsp3) is 0.300. The lowest BCUT2D eigenvalue weighted by atomic mass is 9.93. The van der Waals surface area contributed by atoms with Crippen LogP contribution in [0, 0.1) is 15.9 Å².